The van der Waals surface area contributed by atoms with Crippen LogP contribution in [0.5, 0.6) is 5.75 Å². The maximum absolute atomic E-state index is 12.0. The van der Waals surface area contributed by atoms with Gasteiger partial charge in [-0.3, -0.25) is 9.59 Å². The van der Waals surface area contributed by atoms with Crippen LogP contribution in [0.15, 0.2) is 48.5 Å². The average molecular weight is 326 g/mol. The third kappa shape index (κ3) is 5.43. The fraction of sp³-hybridized carbons (Fsp3) is 0.263. The molecule has 5 nitrogen and oxygen atoms in total. The van der Waals surface area contributed by atoms with Crippen molar-refractivity contribution in [3.05, 3.63) is 54.1 Å². The molecule has 0 heterocycles. The molecular formula is C19H22N2O3. The molecule has 0 fully saturated rings. The van der Waals surface area contributed by atoms with Crippen LogP contribution in [0.1, 0.15) is 31.1 Å². The van der Waals surface area contributed by atoms with Crippen molar-refractivity contribution < 1.29 is 14.3 Å². The minimum absolute atomic E-state index is 0.000522. The van der Waals surface area contributed by atoms with E-state index in [2.05, 4.69) is 10.6 Å². The Hall–Kier alpha value is -2.82. The van der Waals surface area contributed by atoms with Gasteiger partial charge in [0, 0.05) is 16.9 Å². The standard InChI is InChI=1S/C19H22N2O3/c1-13(2)24-18-10-8-16(9-11-18)20-12-19(23)21-17-6-4-15(5-7-17)14(3)22/h4-11,13,20H,12H2,1-3H3,(H,21,23). The monoisotopic (exact) mass is 326 g/mol. The molecule has 0 saturated heterocycles. The minimum Gasteiger partial charge on any atom is -0.491 e. The van der Waals surface area contributed by atoms with Crippen molar-refractivity contribution >= 4 is 23.1 Å². The summed E-state index contributed by atoms with van der Waals surface area (Å²) in [6, 6.07) is 14.3. The molecule has 2 rings (SSSR count). The number of ketones is 1. The van der Waals surface area contributed by atoms with Crippen LogP contribution in [0.4, 0.5) is 11.4 Å². The smallest absolute Gasteiger partial charge is 0.243 e. The number of amides is 1. The van der Waals surface area contributed by atoms with Crippen LogP contribution in [-0.4, -0.2) is 24.3 Å². The number of carbonyl (C=O) groups is 2. The zero-order valence-electron chi connectivity index (χ0n) is 14.1. The molecule has 0 aliphatic rings. The van der Waals surface area contributed by atoms with E-state index in [1.165, 1.54) is 6.92 Å². The number of hydrogen-bond acceptors (Lipinski definition) is 4. The van der Waals surface area contributed by atoms with Crippen molar-refractivity contribution in [2.45, 2.75) is 26.9 Å². The molecule has 0 aromatic heterocycles. The van der Waals surface area contributed by atoms with Crippen LogP contribution in [0.2, 0.25) is 0 Å². The van der Waals surface area contributed by atoms with E-state index in [9.17, 15) is 9.59 Å². The van der Waals surface area contributed by atoms with E-state index < -0.39 is 0 Å². The normalized spacial score (nSPS) is 10.3. The average Bonchev–Trinajstić information content (AvgIpc) is 2.54. The van der Waals surface area contributed by atoms with Crippen LogP contribution in [0, 0.1) is 0 Å². The molecule has 1 amide bonds. The van der Waals surface area contributed by atoms with Gasteiger partial charge in [-0.2, -0.15) is 0 Å². The largest absolute Gasteiger partial charge is 0.491 e. The van der Waals surface area contributed by atoms with Gasteiger partial charge < -0.3 is 15.4 Å². The Balaban J connectivity index is 1.83. The molecule has 0 spiro atoms. The minimum atomic E-state index is -0.159. The van der Waals surface area contributed by atoms with Gasteiger partial charge in [0.2, 0.25) is 5.91 Å². The summed E-state index contributed by atoms with van der Waals surface area (Å²) in [6.07, 6.45) is 0.129. The van der Waals surface area contributed by atoms with Gasteiger partial charge in [-0.15, -0.1) is 0 Å². The van der Waals surface area contributed by atoms with Crippen molar-refractivity contribution in [2.75, 3.05) is 17.2 Å². The first-order chi connectivity index (χ1) is 11.4. The maximum atomic E-state index is 12.0. The second-order valence-corrected chi connectivity index (χ2v) is 5.73. The molecule has 0 aliphatic carbocycles. The fourth-order valence-corrected chi connectivity index (χ4v) is 2.10. The summed E-state index contributed by atoms with van der Waals surface area (Å²) in [7, 11) is 0. The van der Waals surface area contributed by atoms with E-state index >= 15 is 0 Å². The van der Waals surface area contributed by atoms with Crippen LogP contribution in [0.3, 0.4) is 0 Å². The molecular weight excluding hydrogens is 304 g/mol. The quantitative estimate of drug-likeness (QED) is 0.761. The molecule has 126 valence electrons. The summed E-state index contributed by atoms with van der Waals surface area (Å²) in [6.45, 7) is 5.60. The van der Waals surface area contributed by atoms with Crippen molar-refractivity contribution in [3.8, 4) is 5.75 Å². The van der Waals surface area contributed by atoms with Gasteiger partial charge in [-0.1, -0.05) is 0 Å². The van der Waals surface area contributed by atoms with Crippen molar-refractivity contribution in [3.63, 3.8) is 0 Å². The number of hydrogen-bond donors (Lipinski definition) is 2. The highest BCUT2D eigenvalue weighted by Crippen LogP contribution is 2.17. The Morgan fingerprint density at radius 2 is 1.54 bits per heavy atom. The first-order valence-corrected chi connectivity index (χ1v) is 7.85. The summed E-state index contributed by atoms with van der Waals surface area (Å²) in [5, 5.41) is 5.83. The Kier molecular flexibility index (Phi) is 5.95. The highest BCUT2D eigenvalue weighted by atomic mass is 16.5. The molecule has 2 aromatic rings. The first-order valence-electron chi connectivity index (χ1n) is 7.85. The second-order valence-electron chi connectivity index (χ2n) is 5.73. The molecule has 2 aromatic carbocycles. The molecule has 0 aliphatic heterocycles. The topological polar surface area (TPSA) is 67.4 Å². The predicted octanol–water partition coefficient (Wildman–Crippen LogP) is 3.73. The lowest BCUT2D eigenvalue weighted by molar-refractivity contribution is -0.114. The van der Waals surface area contributed by atoms with E-state index in [1.807, 2.05) is 38.1 Å². The molecule has 0 radical (unpaired) electrons. The Morgan fingerprint density at radius 3 is 2.08 bits per heavy atom. The molecule has 2 N–H and O–H groups in total. The summed E-state index contributed by atoms with van der Waals surface area (Å²) >= 11 is 0. The van der Waals surface area contributed by atoms with Crippen molar-refractivity contribution in [1.82, 2.24) is 0 Å². The fourth-order valence-electron chi connectivity index (χ4n) is 2.10. The van der Waals surface area contributed by atoms with Gasteiger partial charge >= 0.3 is 0 Å². The summed E-state index contributed by atoms with van der Waals surface area (Å²) in [5.74, 6) is 0.637. The molecule has 0 atom stereocenters. The van der Waals surface area contributed by atoms with Crippen LogP contribution < -0.4 is 15.4 Å². The SMILES string of the molecule is CC(=O)c1ccc(NC(=O)CNc2ccc(OC(C)C)cc2)cc1. The van der Waals surface area contributed by atoms with Gasteiger partial charge in [-0.05, 0) is 69.3 Å². The Labute approximate surface area is 142 Å². The van der Waals surface area contributed by atoms with Crippen LogP contribution >= 0.6 is 0 Å². The predicted molar refractivity (Wildman–Crippen MR) is 95.8 cm³/mol. The Bertz CT molecular complexity index is 692. The van der Waals surface area contributed by atoms with E-state index in [0.717, 1.165) is 11.4 Å². The third-order valence-electron chi connectivity index (χ3n) is 3.25. The van der Waals surface area contributed by atoms with E-state index in [0.29, 0.717) is 11.3 Å². The number of anilines is 2. The number of carbonyl (C=O) groups excluding carboxylic acids is 2. The van der Waals surface area contributed by atoms with E-state index in [-0.39, 0.29) is 24.3 Å². The zero-order valence-corrected chi connectivity index (χ0v) is 14.1. The zero-order chi connectivity index (χ0) is 17.5. The lowest BCUT2D eigenvalue weighted by Crippen LogP contribution is -2.21. The number of Topliss-reactive ketones (excluding diaryl/α,β-unsaturated/α-hetero) is 1. The van der Waals surface area contributed by atoms with Crippen LogP contribution in [-0.2, 0) is 4.79 Å². The molecule has 0 unspecified atom stereocenters. The summed E-state index contributed by atoms with van der Waals surface area (Å²) in [4.78, 5) is 23.2. The molecule has 24 heavy (non-hydrogen) atoms. The molecule has 0 bridgehead atoms. The van der Waals surface area contributed by atoms with Gasteiger partial charge in [0.05, 0.1) is 12.6 Å². The lowest BCUT2D eigenvalue weighted by atomic mass is 10.1. The number of rotatable bonds is 7. The van der Waals surface area contributed by atoms with Gasteiger partial charge in [0.15, 0.2) is 5.78 Å². The van der Waals surface area contributed by atoms with Crippen molar-refractivity contribution in [2.24, 2.45) is 0 Å². The van der Waals surface area contributed by atoms with Crippen molar-refractivity contribution in [1.29, 1.82) is 0 Å². The van der Waals surface area contributed by atoms with Gasteiger partial charge in [-0.25, -0.2) is 0 Å². The maximum Gasteiger partial charge on any atom is 0.243 e. The van der Waals surface area contributed by atoms with E-state index in [1.54, 1.807) is 24.3 Å². The third-order valence-corrected chi connectivity index (χ3v) is 3.25. The molecule has 5 heteroatoms. The van der Waals surface area contributed by atoms with E-state index in [4.69, 9.17) is 4.74 Å². The summed E-state index contributed by atoms with van der Waals surface area (Å²) < 4.78 is 5.57. The highest BCUT2D eigenvalue weighted by Gasteiger charge is 2.04. The lowest BCUT2D eigenvalue weighted by Gasteiger charge is -2.11. The number of nitrogens with one attached hydrogen (secondary N) is 2. The first kappa shape index (κ1) is 17.5. The molecule has 0 saturated carbocycles. The van der Waals surface area contributed by atoms with Crippen LogP contribution in [0.25, 0.3) is 0 Å². The summed E-state index contributed by atoms with van der Waals surface area (Å²) in [5.41, 5.74) is 2.12. The highest BCUT2D eigenvalue weighted by molar-refractivity contribution is 5.96. The Morgan fingerprint density at radius 1 is 0.958 bits per heavy atom. The van der Waals surface area contributed by atoms with Gasteiger partial charge in [0.1, 0.15) is 5.75 Å². The number of ether oxygens (including phenoxy) is 1. The van der Waals surface area contributed by atoms with Gasteiger partial charge in [0.25, 0.3) is 0 Å². The number of benzene rings is 2. The second kappa shape index (κ2) is 8.15.